The van der Waals surface area contributed by atoms with E-state index in [4.69, 9.17) is 0 Å². The molecule has 0 heteroatoms. The molecule has 0 saturated heterocycles. The molecule has 0 spiro atoms. The first kappa shape index (κ1) is 16.5. The van der Waals surface area contributed by atoms with E-state index >= 15 is 0 Å². The van der Waals surface area contributed by atoms with E-state index in [2.05, 4.69) is 13.8 Å². The molecule has 4 aliphatic rings. The van der Waals surface area contributed by atoms with Gasteiger partial charge in [-0.3, -0.25) is 0 Å². The molecular formula is C23H40. The van der Waals surface area contributed by atoms with Crippen LogP contribution in [0.25, 0.3) is 0 Å². The minimum absolute atomic E-state index is 0.683. The topological polar surface area (TPSA) is 0 Å². The van der Waals surface area contributed by atoms with Crippen LogP contribution in [0.5, 0.6) is 0 Å². The summed E-state index contributed by atoms with van der Waals surface area (Å²) in [5.74, 6) is 6.67. The van der Waals surface area contributed by atoms with E-state index in [1.807, 2.05) is 0 Å². The second kappa shape index (κ2) is 6.72. The zero-order valence-electron chi connectivity index (χ0n) is 15.9. The van der Waals surface area contributed by atoms with Gasteiger partial charge in [0.1, 0.15) is 0 Å². The molecule has 0 aromatic heterocycles. The van der Waals surface area contributed by atoms with Crippen molar-refractivity contribution in [1.82, 2.24) is 0 Å². The lowest BCUT2D eigenvalue weighted by molar-refractivity contribution is 0.00663. The molecule has 4 saturated carbocycles. The third kappa shape index (κ3) is 2.71. The summed E-state index contributed by atoms with van der Waals surface area (Å²) in [4.78, 5) is 0. The first-order chi connectivity index (χ1) is 11.3. The molecule has 0 bridgehead atoms. The summed E-state index contributed by atoms with van der Waals surface area (Å²) in [5, 5.41) is 0. The Morgan fingerprint density at radius 3 is 1.57 bits per heavy atom. The van der Waals surface area contributed by atoms with Crippen molar-refractivity contribution in [3.63, 3.8) is 0 Å². The fourth-order valence-electron chi connectivity index (χ4n) is 8.39. The van der Waals surface area contributed by atoms with Gasteiger partial charge in [0.2, 0.25) is 0 Å². The van der Waals surface area contributed by atoms with E-state index in [0.717, 1.165) is 35.5 Å². The predicted molar refractivity (Wildman–Crippen MR) is 99.4 cm³/mol. The number of hydrogen-bond acceptors (Lipinski definition) is 0. The maximum Gasteiger partial charge on any atom is -0.0264 e. The lowest BCUT2D eigenvalue weighted by Gasteiger charge is -2.48. The quantitative estimate of drug-likeness (QED) is 0.513. The predicted octanol–water partition coefficient (Wildman–Crippen LogP) is 7.23. The summed E-state index contributed by atoms with van der Waals surface area (Å²) in [7, 11) is 0. The number of rotatable bonds is 4. The smallest absolute Gasteiger partial charge is 0.0264 e. The van der Waals surface area contributed by atoms with Gasteiger partial charge in [-0.15, -0.1) is 0 Å². The van der Waals surface area contributed by atoms with Crippen molar-refractivity contribution >= 4 is 0 Å². The summed E-state index contributed by atoms with van der Waals surface area (Å²) in [6.07, 6.45) is 21.7. The Labute approximate surface area is 145 Å². The fourth-order valence-corrected chi connectivity index (χ4v) is 8.39. The van der Waals surface area contributed by atoms with Gasteiger partial charge in [0.25, 0.3) is 0 Å². The van der Waals surface area contributed by atoms with E-state index in [-0.39, 0.29) is 0 Å². The molecule has 0 N–H and O–H groups in total. The molecule has 0 aliphatic heterocycles. The van der Waals surface area contributed by atoms with Crippen molar-refractivity contribution in [1.29, 1.82) is 0 Å². The Morgan fingerprint density at radius 2 is 1.09 bits per heavy atom. The number of fused-ring (bicyclic) bond motifs is 3. The standard InChI is InChI=1S/C23H40/c1-3-16-23(2,17-10-4-5-11-17)22-20-14-8-6-12-18(20)19-13-7-9-15-21(19)22/h17-22H,3-16H2,1-2H3. The van der Waals surface area contributed by atoms with Crippen molar-refractivity contribution in [2.24, 2.45) is 40.9 Å². The van der Waals surface area contributed by atoms with E-state index in [9.17, 15) is 0 Å². The van der Waals surface area contributed by atoms with Crippen molar-refractivity contribution in [3.8, 4) is 0 Å². The summed E-state index contributed by atoms with van der Waals surface area (Å²) in [6, 6.07) is 0. The normalized spacial score (nSPS) is 43.8. The van der Waals surface area contributed by atoms with Crippen LogP contribution in [0.1, 0.15) is 104 Å². The van der Waals surface area contributed by atoms with Crippen LogP contribution in [-0.2, 0) is 0 Å². The summed E-state index contributed by atoms with van der Waals surface area (Å²) in [6.45, 7) is 5.23. The average molecular weight is 317 g/mol. The SMILES string of the molecule is CCCC(C)(C1CCCC1)C1C2CCCCC2C2CCCCC21. The minimum Gasteiger partial charge on any atom is -0.0654 e. The lowest BCUT2D eigenvalue weighted by Crippen LogP contribution is -2.41. The minimum atomic E-state index is 0.683. The van der Waals surface area contributed by atoms with Crippen molar-refractivity contribution < 1.29 is 0 Å². The molecule has 0 aromatic rings. The van der Waals surface area contributed by atoms with Crippen molar-refractivity contribution in [2.45, 2.75) is 104 Å². The third-order valence-electron chi connectivity index (χ3n) is 9.06. The molecule has 5 unspecified atom stereocenters. The molecule has 0 nitrogen and oxygen atoms in total. The molecule has 0 amide bonds. The zero-order chi connectivity index (χ0) is 15.9. The molecule has 132 valence electrons. The second-order valence-corrected chi connectivity index (χ2v) is 9.99. The molecule has 0 radical (unpaired) electrons. The van der Waals surface area contributed by atoms with Crippen molar-refractivity contribution in [3.05, 3.63) is 0 Å². The summed E-state index contributed by atoms with van der Waals surface area (Å²) in [5.41, 5.74) is 0.683. The molecule has 4 fully saturated rings. The highest BCUT2D eigenvalue weighted by Gasteiger charge is 2.57. The molecule has 0 heterocycles. The maximum absolute atomic E-state index is 2.78. The van der Waals surface area contributed by atoms with Gasteiger partial charge in [-0.2, -0.15) is 0 Å². The molecule has 4 rings (SSSR count). The Morgan fingerprint density at radius 1 is 0.652 bits per heavy atom. The Kier molecular flexibility index (Phi) is 4.81. The van der Waals surface area contributed by atoms with Gasteiger partial charge in [0.05, 0.1) is 0 Å². The number of hydrogen-bond donors (Lipinski definition) is 0. The van der Waals surface area contributed by atoms with Crippen LogP contribution in [0, 0.1) is 40.9 Å². The van der Waals surface area contributed by atoms with E-state index in [1.54, 1.807) is 64.2 Å². The first-order valence-electron chi connectivity index (χ1n) is 11.3. The van der Waals surface area contributed by atoms with Gasteiger partial charge < -0.3 is 0 Å². The van der Waals surface area contributed by atoms with Gasteiger partial charge in [-0.25, -0.2) is 0 Å². The van der Waals surface area contributed by atoms with E-state index < -0.39 is 0 Å². The van der Waals surface area contributed by atoms with Crippen LogP contribution in [0.2, 0.25) is 0 Å². The molecule has 0 aromatic carbocycles. The van der Waals surface area contributed by atoms with Crippen LogP contribution < -0.4 is 0 Å². The Hall–Kier alpha value is 0. The van der Waals surface area contributed by atoms with Crippen LogP contribution in [-0.4, -0.2) is 0 Å². The zero-order valence-corrected chi connectivity index (χ0v) is 15.9. The van der Waals surface area contributed by atoms with Gasteiger partial charge in [-0.05, 0) is 85.9 Å². The Bertz CT molecular complexity index is 371. The first-order valence-corrected chi connectivity index (χ1v) is 11.3. The maximum atomic E-state index is 2.78. The van der Waals surface area contributed by atoms with Crippen molar-refractivity contribution in [2.75, 3.05) is 0 Å². The highest BCUT2D eigenvalue weighted by molar-refractivity contribution is 5.06. The fraction of sp³-hybridized carbons (Fsp3) is 1.00. The Balaban J connectivity index is 1.67. The van der Waals surface area contributed by atoms with Crippen LogP contribution in [0.4, 0.5) is 0 Å². The molecule has 5 atom stereocenters. The monoisotopic (exact) mass is 316 g/mol. The van der Waals surface area contributed by atoms with E-state index in [1.165, 1.54) is 25.7 Å². The van der Waals surface area contributed by atoms with Gasteiger partial charge >= 0.3 is 0 Å². The highest BCUT2D eigenvalue weighted by Crippen LogP contribution is 2.65. The molecule has 23 heavy (non-hydrogen) atoms. The van der Waals surface area contributed by atoms with Crippen LogP contribution >= 0.6 is 0 Å². The van der Waals surface area contributed by atoms with Gasteiger partial charge in [-0.1, -0.05) is 58.8 Å². The average Bonchev–Trinajstić information content (AvgIpc) is 3.22. The van der Waals surface area contributed by atoms with E-state index in [0.29, 0.717) is 5.41 Å². The van der Waals surface area contributed by atoms with Crippen LogP contribution in [0.15, 0.2) is 0 Å². The second-order valence-electron chi connectivity index (χ2n) is 9.99. The van der Waals surface area contributed by atoms with Crippen LogP contribution in [0.3, 0.4) is 0 Å². The summed E-state index contributed by atoms with van der Waals surface area (Å²) < 4.78 is 0. The summed E-state index contributed by atoms with van der Waals surface area (Å²) >= 11 is 0. The largest absolute Gasteiger partial charge is 0.0654 e. The highest BCUT2D eigenvalue weighted by atomic mass is 14.6. The van der Waals surface area contributed by atoms with Gasteiger partial charge in [0.15, 0.2) is 0 Å². The molecular weight excluding hydrogens is 276 g/mol. The third-order valence-corrected chi connectivity index (χ3v) is 9.06. The lowest BCUT2D eigenvalue weighted by atomic mass is 9.57. The molecule has 4 aliphatic carbocycles. The van der Waals surface area contributed by atoms with Gasteiger partial charge in [0, 0.05) is 0 Å².